The number of carbonyl (C=O) groups is 2. The number of hydrogen-bond donors (Lipinski definition) is 2. The molecule has 1 aromatic heterocycles. The Morgan fingerprint density at radius 1 is 1.16 bits per heavy atom. The van der Waals surface area contributed by atoms with Gasteiger partial charge >= 0.3 is 5.97 Å². The Kier molecular flexibility index (Phi) is 5.02. The molecule has 0 radical (unpaired) electrons. The number of halogens is 1. The molecule has 0 aliphatic carbocycles. The van der Waals surface area contributed by atoms with Gasteiger partial charge in [0.15, 0.2) is 0 Å². The molecule has 1 amide bonds. The SMILES string of the molecule is CCOC(=O)c1ccc2[nH]c(C(=O)N3C[C@@H](CCl)c4c3cc(O)c3ccccc43)cc2c1. The Bertz CT molecular complexity index is 1380. The topological polar surface area (TPSA) is 82.6 Å². The van der Waals surface area contributed by atoms with Crippen LogP contribution in [-0.4, -0.2) is 41.0 Å². The van der Waals surface area contributed by atoms with Crippen LogP contribution in [-0.2, 0) is 4.74 Å². The number of phenols is 1. The van der Waals surface area contributed by atoms with Crippen LogP contribution in [0, 0.1) is 0 Å². The number of nitrogens with one attached hydrogen (secondary N) is 1. The molecule has 3 aromatic carbocycles. The molecule has 6 nitrogen and oxygen atoms in total. The number of anilines is 1. The van der Waals surface area contributed by atoms with E-state index in [4.69, 9.17) is 16.3 Å². The number of phenolic OH excluding ortho intramolecular Hbond substituents is 1. The van der Waals surface area contributed by atoms with Gasteiger partial charge in [-0.2, -0.15) is 0 Å². The summed E-state index contributed by atoms with van der Waals surface area (Å²) in [7, 11) is 0. The molecule has 5 rings (SSSR count). The first kappa shape index (κ1) is 20.4. The van der Waals surface area contributed by atoms with Crippen LogP contribution in [0.15, 0.2) is 54.6 Å². The van der Waals surface area contributed by atoms with E-state index in [0.29, 0.717) is 36.0 Å². The average Bonchev–Trinajstić information content (AvgIpc) is 3.40. The molecule has 32 heavy (non-hydrogen) atoms. The second-order valence-corrected chi connectivity index (χ2v) is 8.16. The summed E-state index contributed by atoms with van der Waals surface area (Å²) < 4.78 is 5.06. The number of nitrogens with zero attached hydrogens (tertiary/aromatic N) is 1. The first-order valence-corrected chi connectivity index (χ1v) is 11.0. The maximum absolute atomic E-state index is 13.5. The van der Waals surface area contributed by atoms with Crippen LogP contribution >= 0.6 is 11.6 Å². The number of carbonyl (C=O) groups excluding carboxylic acids is 2. The highest BCUT2D eigenvalue weighted by Gasteiger charge is 2.35. The number of alkyl halides is 1. The number of rotatable bonds is 4. The molecule has 2 N–H and O–H groups in total. The van der Waals surface area contributed by atoms with Gasteiger partial charge in [0.2, 0.25) is 0 Å². The van der Waals surface area contributed by atoms with Gasteiger partial charge in [-0.05, 0) is 42.1 Å². The van der Waals surface area contributed by atoms with Gasteiger partial charge in [0.25, 0.3) is 5.91 Å². The van der Waals surface area contributed by atoms with Crippen LogP contribution in [0.2, 0.25) is 0 Å². The largest absolute Gasteiger partial charge is 0.507 e. The van der Waals surface area contributed by atoms with E-state index in [2.05, 4.69) is 4.98 Å². The van der Waals surface area contributed by atoms with Crippen molar-refractivity contribution in [3.63, 3.8) is 0 Å². The van der Waals surface area contributed by atoms with Gasteiger partial charge in [-0.25, -0.2) is 4.79 Å². The molecule has 0 fully saturated rings. The van der Waals surface area contributed by atoms with Gasteiger partial charge in [0.05, 0.1) is 17.9 Å². The van der Waals surface area contributed by atoms with E-state index in [1.165, 1.54) is 0 Å². The van der Waals surface area contributed by atoms with E-state index in [1.807, 2.05) is 24.3 Å². The Morgan fingerprint density at radius 3 is 2.69 bits per heavy atom. The van der Waals surface area contributed by atoms with Crippen molar-refractivity contribution in [2.45, 2.75) is 12.8 Å². The molecule has 2 heterocycles. The second kappa shape index (κ2) is 7.88. The van der Waals surface area contributed by atoms with Gasteiger partial charge in [0.1, 0.15) is 11.4 Å². The third-order valence-corrected chi connectivity index (χ3v) is 6.31. The van der Waals surface area contributed by atoms with Crippen molar-refractivity contribution in [2.75, 3.05) is 23.9 Å². The van der Waals surface area contributed by atoms with Crippen molar-refractivity contribution in [3.05, 3.63) is 71.4 Å². The Labute approximate surface area is 189 Å². The van der Waals surface area contributed by atoms with Crippen LogP contribution in [0.4, 0.5) is 5.69 Å². The van der Waals surface area contributed by atoms with Gasteiger partial charge in [-0.1, -0.05) is 24.3 Å². The summed E-state index contributed by atoms with van der Waals surface area (Å²) in [6.07, 6.45) is 0. The monoisotopic (exact) mass is 448 g/mol. The normalized spacial score (nSPS) is 15.3. The van der Waals surface area contributed by atoms with E-state index in [1.54, 1.807) is 42.2 Å². The summed E-state index contributed by atoms with van der Waals surface area (Å²) in [5, 5.41) is 13.0. The third-order valence-electron chi connectivity index (χ3n) is 5.94. The van der Waals surface area contributed by atoms with E-state index < -0.39 is 5.97 Å². The minimum Gasteiger partial charge on any atom is -0.507 e. The van der Waals surface area contributed by atoms with Gasteiger partial charge in [-0.15, -0.1) is 11.6 Å². The molecule has 0 saturated carbocycles. The minimum atomic E-state index is -0.399. The van der Waals surface area contributed by atoms with E-state index in [9.17, 15) is 14.7 Å². The number of hydrogen-bond acceptors (Lipinski definition) is 4. The fourth-order valence-corrected chi connectivity index (χ4v) is 4.73. The third kappa shape index (κ3) is 3.19. The lowest BCUT2D eigenvalue weighted by Gasteiger charge is -2.17. The van der Waals surface area contributed by atoms with Gasteiger partial charge in [-0.3, -0.25) is 4.79 Å². The minimum absolute atomic E-state index is 0.0408. The molecule has 162 valence electrons. The summed E-state index contributed by atoms with van der Waals surface area (Å²) in [5.41, 5.74) is 3.22. The van der Waals surface area contributed by atoms with E-state index >= 15 is 0 Å². The number of aromatic hydroxyl groups is 1. The number of amides is 1. The lowest BCUT2D eigenvalue weighted by molar-refractivity contribution is 0.0526. The maximum Gasteiger partial charge on any atom is 0.338 e. The number of aromatic amines is 1. The van der Waals surface area contributed by atoms with E-state index in [0.717, 1.165) is 27.2 Å². The standard InChI is InChI=1S/C25H21ClN2O4/c1-2-32-25(31)14-7-8-19-15(9-14)10-20(27-19)24(30)28-13-16(12-26)23-18-6-4-3-5-17(18)22(29)11-21(23)28/h3-11,16,27,29H,2,12-13H2,1H3/t16-/m1/s1. The predicted octanol–water partition coefficient (Wildman–Crippen LogP) is 5.19. The summed E-state index contributed by atoms with van der Waals surface area (Å²) in [6, 6.07) is 16.1. The average molecular weight is 449 g/mol. The second-order valence-electron chi connectivity index (χ2n) is 7.85. The number of esters is 1. The summed E-state index contributed by atoms with van der Waals surface area (Å²) >= 11 is 6.28. The first-order valence-electron chi connectivity index (χ1n) is 10.4. The molecule has 4 aromatic rings. The first-order chi connectivity index (χ1) is 15.5. The molecule has 1 aliphatic rings. The van der Waals surface area contributed by atoms with Crippen molar-refractivity contribution in [1.29, 1.82) is 0 Å². The summed E-state index contributed by atoms with van der Waals surface area (Å²) in [4.78, 5) is 30.3. The zero-order valence-corrected chi connectivity index (χ0v) is 18.1. The number of benzene rings is 3. The molecule has 0 unspecified atom stereocenters. The van der Waals surface area contributed by atoms with Gasteiger partial charge < -0.3 is 19.7 Å². The lowest BCUT2D eigenvalue weighted by Crippen LogP contribution is -2.30. The number of fused-ring (bicyclic) bond motifs is 4. The summed E-state index contributed by atoms with van der Waals surface area (Å²) in [5.74, 6) is -0.170. The fourth-order valence-electron chi connectivity index (χ4n) is 4.48. The molecule has 7 heteroatoms. The highest BCUT2D eigenvalue weighted by molar-refractivity contribution is 6.19. The van der Waals surface area contributed by atoms with Crippen molar-refractivity contribution in [3.8, 4) is 5.75 Å². The van der Waals surface area contributed by atoms with Gasteiger partial charge in [0, 0.05) is 40.7 Å². The van der Waals surface area contributed by atoms with Crippen molar-refractivity contribution in [1.82, 2.24) is 4.98 Å². The number of aromatic nitrogens is 1. The highest BCUT2D eigenvalue weighted by atomic mass is 35.5. The molecule has 0 saturated heterocycles. The Hall–Kier alpha value is -3.51. The fraction of sp³-hybridized carbons (Fsp3) is 0.200. The quantitative estimate of drug-likeness (QED) is 0.332. The van der Waals surface area contributed by atoms with Crippen LogP contribution in [0.5, 0.6) is 5.75 Å². The molecule has 1 atom stereocenters. The summed E-state index contributed by atoms with van der Waals surface area (Å²) in [6.45, 7) is 2.48. The molecular weight excluding hydrogens is 428 g/mol. The molecule has 0 bridgehead atoms. The zero-order chi connectivity index (χ0) is 22.4. The van der Waals surface area contributed by atoms with Crippen LogP contribution in [0.3, 0.4) is 0 Å². The van der Waals surface area contributed by atoms with Crippen LogP contribution < -0.4 is 4.90 Å². The van der Waals surface area contributed by atoms with Crippen molar-refractivity contribution >= 4 is 50.8 Å². The smallest absolute Gasteiger partial charge is 0.338 e. The Balaban J connectivity index is 1.56. The predicted molar refractivity (Wildman–Crippen MR) is 125 cm³/mol. The van der Waals surface area contributed by atoms with Crippen molar-refractivity contribution in [2.24, 2.45) is 0 Å². The Morgan fingerprint density at radius 2 is 1.94 bits per heavy atom. The van der Waals surface area contributed by atoms with Crippen LogP contribution in [0.1, 0.15) is 39.3 Å². The molecular formula is C25H21ClN2O4. The highest BCUT2D eigenvalue weighted by Crippen LogP contribution is 2.45. The lowest BCUT2D eigenvalue weighted by atomic mass is 9.95. The number of H-pyrrole nitrogens is 1. The zero-order valence-electron chi connectivity index (χ0n) is 17.4. The van der Waals surface area contributed by atoms with E-state index in [-0.39, 0.29) is 17.6 Å². The maximum atomic E-state index is 13.5. The van der Waals surface area contributed by atoms with Crippen LogP contribution in [0.25, 0.3) is 21.7 Å². The number of ether oxygens (including phenoxy) is 1. The van der Waals surface area contributed by atoms with Crippen molar-refractivity contribution < 1.29 is 19.4 Å². The molecule has 0 spiro atoms. The molecule has 1 aliphatic heterocycles.